The quantitative estimate of drug-likeness (QED) is 0.357. The van der Waals surface area contributed by atoms with Crippen molar-refractivity contribution in [2.75, 3.05) is 51.8 Å². The van der Waals surface area contributed by atoms with Crippen LogP contribution in [0.2, 0.25) is 0 Å². The molecule has 0 atom stereocenters. The number of ether oxygens (including phenoxy) is 2. The average molecular weight is 318 g/mol. The molecule has 1 saturated carbocycles. The van der Waals surface area contributed by atoms with E-state index in [1.165, 1.54) is 38.5 Å². The second-order valence-electron chi connectivity index (χ2n) is 6.24. The standard InChI is InChI=1S/C17H35NO2S/c1-3-19-13-11-18(12-14-20-4-2)15-17(16-21)9-7-5-6-8-10-17/h21H,3-16H2,1-2H3. The summed E-state index contributed by atoms with van der Waals surface area (Å²) >= 11 is 4.70. The molecule has 1 aliphatic carbocycles. The zero-order valence-corrected chi connectivity index (χ0v) is 15.0. The van der Waals surface area contributed by atoms with Crippen LogP contribution in [0.4, 0.5) is 0 Å². The van der Waals surface area contributed by atoms with Crippen molar-refractivity contribution < 1.29 is 9.47 Å². The third-order valence-corrected chi connectivity index (χ3v) is 5.24. The third kappa shape index (κ3) is 7.87. The molecule has 4 heteroatoms. The molecule has 0 unspecified atom stereocenters. The van der Waals surface area contributed by atoms with Gasteiger partial charge in [-0.3, -0.25) is 4.90 Å². The molecular formula is C17H35NO2S. The van der Waals surface area contributed by atoms with Crippen molar-refractivity contribution in [1.82, 2.24) is 4.90 Å². The predicted molar refractivity (Wildman–Crippen MR) is 93.4 cm³/mol. The lowest BCUT2D eigenvalue weighted by molar-refractivity contribution is 0.0593. The van der Waals surface area contributed by atoms with Gasteiger partial charge in [-0.15, -0.1) is 0 Å². The molecule has 0 aliphatic heterocycles. The maximum atomic E-state index is 5.55. The van der Waals surface area contributed by atoms with Crippen LogP contribution in [0.15, 0.2) is 0 Å². The molecule has 1 fully saturated rings. The Morgan fingerprint density at radius 2 is 1.43 bits per heavy atom. The highest BCUT2D eigenvalue weighted by Crippen LogP contribution is 2.36. The van der Waals surface area contributed by atoms with Gasteiger partial charge >= 0.3 is 0 Å². The van der Waals surface area contributed by atoms with Gasteiger partial charge in [-0.1, -0.05) is 25.7 Å². The van der Waals surface area contributed by atoms with Crippen molar-refractivity contribution in [2.45, 2.75) is 52.4 Å². The Kier molecular flexibility index (Phi) is 10.8. The van der Waals surface area contributed by atoms with E-state index >= 15 is 0 Å². The molecule has 1 rings (SSSR count). The van der Waals surface area contributed by atoms with Crippen LogP contribution in [0.25, 0.3) is 0 Å². The van der Waals surface area contributed by atoms with Crippen LogP contribution >= 0.6 is 12.6 Å². The first-order valence-electron chi connectivity index (χ1n) is 8.75. The number of rotatable bonds is 11. The van der Waals surface area contributed by atoms with E-state index in [9.17, 15) is 0 Å². The molecule has 0 saturated heterocycles. The van der Waals surface area contributed by atoms with Crippen LogP contribution in [0.1, 0.15) is 52.4 Å². The molecule has 0 N–H and O–H groups in total. The Hall–Kier alpha value is 0.230. The first kappa shape index (κ1) is 19.3. The molecule has 0 amide bonds. The summed E-state index contributed by atoms with van der Waals surface area (Å²) in [5.41, 5.74) is 0.401. The molecule has 0 aromatic heterocycles. The zero-order valence-electron chi connectivity index (χ0n) is 14.1. The SMILES string of the molecule is CCOCCN(CCOCC)CC1(CS)CCCCCC1. The lowest BCUT2D eigenvalue weighted by atomic mass is 9.81. The van der Waals surface area contributed by atoms with Gasteiger partial charge in [0, 0.05) is 32.8 Å². The van der Waals surface area contributed by atoms with Crippen molar-refractivity contribution in [2.24, 2.45) is 5.41 Å². The van der Waals surface area contributed by atoms with Gasteiger partial charge in [-0.2, -0.15) is 12.6 Å². The van der Waals surface area contributed by atoms with Gasteiger partial charge in [0.15, 0.2) is 0 Å². The zero-order chi connectivity index (χ0) is 15.4. The fraction of sp³-hybridized carbons (Fsp3) is 1.00. The number of hydrogen-bond acceptors (Lipinski definition) is 4. The minimum absolute atomic E-state index is 0.401. The van der Waals surface area contributed by atoms with Gasteiger partial charge in [0.1, 0.15) is 0 Å². The highest BCUT2D eigenvalue weighted by atomic mass is 32.1. The van der Waals surface area contributed by atoms with E-state index in [2.05, 4.69) is 18.7 Å². The minimum atomic E-state index is 0.401. The predicted octanol–water partition coefficient (Wildman–Crippen LogP) is 3.63. The van der Waals surface area contributed by atoms with Crippen LogP contribution in [0.5, 0.6) is 0 Å². The van der Waals surface area contributed by atoms with Crippen molar-refractivity contribution in [3.8, 4) is 0 Å². The highest BCUT2D eigenvalue weighted by molar-refractivity contribution is 7.80. The largest absolute Gasteiger partial charge is 0.380 e. The Bertz CT molecular complexity index is 233. The van der Waals surface area contributed by atoms with E-state index in [1.807, 2.05) is 0 Å². The fourth-order valence-corrected chi connectivity index (χ4v) is 3.68. The molecule has 0 spiro atoms. The molecule has 126 valence electrons. The lowest BCUT2D eigenvalue weighted by Crippen LogP contribution is -2.42. The summed E-state index contributed by atoms with van der Waals surface area (Å²) < 4.78 is 11.1. The van der Waals surface area contributed by atoms with Crippen LogP contribution < -0.4 is 0 Å². The third-order valence-electron chi connectivity index (χ3n) is 4.57. The molecule has 0 bridgehead atoms. The van der Waals surface area contributed by atoms with Gasteiger partial charge in [-0.05, 0) is 37.9 Å². The molecule has 3 nitrogen and oxygen atoms in total. The molecule has 1 aliphatic rings. The van der Waals surface area contributed by atoms with Gasteiger partial charge < -0.3 is 9.47 Å². The second-order valence-corrected chi connectivity index (χ2v) is 6.56. The van der Waals surface area contributed by atoms with Crippen molar-refractivity contribution >= 4 is 12.6 Å². The molecule has 0 aromatic rings. The molecule has 21 heavy (non-hydrogen) atoms. The Labute approximate surface area is 137 Å². The monoisotopic (exact) mass is 317 g/mol. The minimum Gasteiger partial charge on any atom is -0.380 e. The van der Waals surface area contributed by atoms with Crippen molar-refractivity contribution in [3.63, 3.8) is 0 Å². The normalized spacial score (nSPS) is 18.9. The van der Waals surface area contributed by atoms with Gasteiger partial charge in [0.2, 0.25) is 0 Å². The summed E-state index contributed by atoms with van der Waals surface area (Å²) in [6.07, 6.45) is 8.18. The summed E-state index contributed by atoms with van der Waals surface area (Å²) in [6.45, 7) is 10.5. The number of hydrogen-bond donors (Lipinski definition) is 1. The smallest absolute Gasteiger partial charge is 0.0593 e. The summed E-state index contributed by atoms with van der Waals surface area (Å²) in [5.74, 6) is 1.01. The van der Waals surface area contributed by atoms with Crippen LogP contribution in [0.3, 0.4) is 0 Å². The van der Waals surface area contributed by atoms with Crippen LogP contribution in [0, 0.1) is 5.41 Å². The van der Waals surface area contributed by atoms with E-state index in [0.717, 1.165) is 51.8 Å². The Morgan fingerprint density at radius 1 is 0.905 bits per heavy atom. The summed E-state index contributed by atoms with van der Waals surface area (Å²) in [6, 6.07) is 0. The fourth-order valence-electron chi connectivity index (χ4n) is 3.27. The Balaban J connectivity index is 2.52. The van der Waals surface area contributed by atoms with E-state index in [0.29, 0.717) is 5.41 Å². The van der Waals surface area contributed by atoms with E-state index in [4.69, 9.17) is 22.1 Å². The maximum Gasteiger partial charge on any atom is 0.0593 e. The number of nitrogens with zero attached hydrogens (tertiary/aromatic N) is 1. The first-order valence-corrected chi connectivity index (χ1v) is 9.38. The molecule has 0 radical (unpaired) electrons. The summed E-state index contributed by atoms with van der Waals surface area (Å²) in [4.78, 5) is 2.53. The van der Waals surface area contributed by atoms with E-state index < -0.39 is 0 Å². The topological polar surface area (TPSA) is 21.7 Å². The summed E-state index contributed by atoms with van der Waals surface area (Å²) in [5, 5.41) is 0. The molecular weight excluding hydrogens is 282 g/mol. The Morgan fingerprint density at radius 3 is 1.86 bits per heavy atom. The number of thiol groups is 1. The molecule has 0 aromatic carbocycles. The highest BCUT2D eigenvalue weighted by Gasteiger charge is 2.31. The van der Waals surface area contributed by atoms with Crippen LogP contribution in [-0.2, 0) is 9.47 Å². The summed E-state index contributed by atoms with van der Waals surface area (Å²) in [7, 11) is 0. The van der Waals surface area contributed by atoms with Crippen LogP contribution in [-0.4, -0.2) is 56.7 Å². The second kappa shape index (κ2) is 11.8. The van der Waals surface area contributed by atoms with E-state index in [1.54, 1.807) is 0 Å². The lowest BCUT2D eigenvalue weighted by Gasteiger charge is -2.37. The average Bonchev–Trinajstić information content (AvgIpc) is 2.74. The van der Waals surface area contributed by atoms with Gasteiger partial charge in [-0.25, -0.2) is 0 Å². The first-order chi connectivity index (χ1) is 10.3. The van der Waals surface area contributed by atoms with Crippen molar-refractivity contribution in [3.05, 3.63) is 0 Å². The van der Waals surface area contributed by atoms with Gasteiger partial charge in [0.25, 0.3) is 0 Å². The van der Waals surface area contributed by atoms with Gasteiger partial charge in [0.05, 0.1) is 13.2 Å². The van der Waals surface area contributed by atoms with E-state index in [-0.39, 0.29) is 0 Å². The molecule has 0 heterocycles. The maximum absolute atomic E-state index is 5.55. The van der Waals surface area contributed by atoms with Crippen molar-refractivity contribution in [1.29, 1.82) is 0 Å².